The molecule has 0 aliphatic carbocycles. The Bertz CT molecular complexity index is 617. The molecule has 2 heterocycles. The van der Waals surface area contributed by atoms with Crippen molar-refractivity contribution in [1.29, 1.82) is 0 Å². The standard InChI is InChI=1S/C13H11ClF3N3O2/c14-11-5-8(1-4-19-11)12(21)20-9-6-18-3-2-10(9)22-7-13(15,16)17/h1-5,9H,6-7H2,(H,20,21). The van der Waals surface area contributed by atoms with Crippen LogP contribution >= 0.6 is 11.6 Å². The third kappa shape index (κ3) is 4.73. The average Bonchev–Trinajstić information content (AvgIpc) is 2.45. The van der Waals surface area contributed by atoms with E-state index in [-0.39, 0.29) is 23.0 Å². The first-order valence-electron chi connectivity index (χ1n) is 6.17. The predicted octanol–water partition coefficient (Wildman–Crippen LogP) is 2.38. The third-order valence-corrected chi connectivity index (χ3v) is 2.88. The number of alkyl halides is 3. The van der Waals surface area contributed by atoms with Crippen LogP contribution in [-0.2, 0) is 4.74 Å². The van der Waals surface area contributed by atoms with Crippen molar-refractivity contribution in [3.8, 4) is 0 Å². The number of nitrogens with one attached hydrogen (secondary N) is 1. The van der Waals surface area contributed by atoms with Crippen LogP contribution < -0.4 is 5.32 Å². The molecule has 0 spiro atoms. The lowest BCUT2D eigenvalue weighted by Crippen LogP contribution is -2.41. The van der Waals surface area contributed by atoms with E-state index < -0.39 is 24.7 Å². The molecule has 22 heavy (non-hydrogen) atoms. The first-order valence-corrected chi connectivity index (χ1v) is 6.55. The molecule has 0 fully saturated rings. The smallest absolute Gasteiger partial charge is 0.422 e. The Labute approximate surface area is 128 Å². The molecule has 0 saturated carbocycles. The van der Waals surface area contributed by atoms with Crippen molar-refractivity contribution in [1.82, 2.24) is 10.3 Å². The van der Waals surface area contributed by atoms with Gasteiger partial charge in [0.25, 0.3) is 5.91 Å². The Morgan fingerprint density at radius 1 is 1.50 bits per heavy atom. The SMILES string of the molecule is O=C(NC1CN=CC=C1OCC(F)(F)F)c1ccnc(Cl)c1. The van der Waals surface area contributed by atoms with Crippen molar-refractivity contribution in [3.05, 3.63) is 40.9 Å². The van der Waals surface area contributed by atoms with Crippen LogP contribution in [0.3, 0.4) is 0 Å². The molecule has 9 heteroatoms. The normalized spacial score (nSPS) is 17.8. The van der Waals surface area contributed by atoms with Crippen LogP contribution in [0.1, 0.15) is 10.4 Å². The number of halogens is 4. The molecule has 0 radical (unpaired) electrons. The Hall–Kier alpha value is -2.09. The number of rotatable bonds is 4. The number of hydrogen-bond donors (Lipinski definition) is 1. The van der Waals surface area contributed by atoms with Crippen LogP contribution in [0.15, 0.2) is 35.2 Å². The number of hydrogen-bond acceptors (Lipinski definition) is 4. The van der Waals surface area contributed by atoms with Gasteiger partial charge in [0, 0.05) is 18.0 Å². The number of amides is 1. The van der Waals surface area contributed by atoms with Crippen molar-refractivity contribution in [2.75, 3.05) is 13.2 Å². The molecule has 1 aromatic heterocycles. The summed E-state index contributed by atoms with van der Waals surface area (Å²) < 4.78 is 41.4. The monoisotopic (exact) mass is 333 g/mol. The molecule has 1 unspecified atom stereocenters. The molecular weight excluding hydrogens is 323 g/mol. The van der Waals surface area contributed by atoms with E-state index in [0.717, 1.165) is 0 Å². The number of carbonyl (C=O) groups excluding carboxylic acids is 1. The fourth-order valence-corrected chi connectivity index (χ4v) is 1.89. The zero-order valence-corrected chi connectivity index (χ0v) is 11.9. The molecule has 118 valence electrons. The Balaban J connectivity index is 2.02. The zero-order valence-electron chi connectivity index (χ0n) is 11.1. The Kier molecular flexibility index (Phi) is 5.02. The molecule has 1 aliphatic heterocycles. The summed E-state index contributed by atoms with van der Waals surface area (Å²) in [5.41, 5.74) is 0.240. The van der Waals surface area contributed by atoms with Crippen LogP contribution in [-0.4, -0.2) is 42.5 Å². The summed E-state index contributed by atoms with van der Waals surface area (Å²) in [5, 5.41) is 2.69. The molecule has 0 saturated heterocycles. The van der Waals surface area contributed by atoms with Crippen molar-refractivity contribution in [2.45, 2.75) is 12.2 Å². The molecule has 1 atom stereocenters. The minimum absolute atomic E-state index is 0.000767. The summed E-state index contributed by atoms with van der Waals surface area (Å²) in [6, 6.07) is 2.02. The molecule has 1 amide bonds. The van der Waals surface area contributed by atoms with Crippen LogP contribution in [0, 0.1) is 0 Å². The van der Waals surface area contributed by atoms with Gasteiger partial charge in [-0.1, -0.05) is 11.6 Å². The van der Waals surface area contributed by atoms with Gasteiger partial charge in [0.05, 0.1) is 6.54 Å². The van der Waals surface area contributed by atoms with Gasteiger partial charge in [-0.2, -0.15) is 13.2 Å². The maximum absolute atomic E-state index is 12.2. The quantitative estimate of drug-likeness (QED) is 0.860. The molecule has 5 nitrogen and oxygen atoms in total. The molecule has 2 rings (SSSR count). The van der Waals surface area contributed by atoms with Crippen molar-refractivity contribution >= 4 is 23.7 Å². The Morgan fingerprint density at radius 2 is 2.27 bits per heavy atom. The van der Waals surface area contributed by atoms with E-state index in [0.29, 0.717) is 0 Å². The highest BCUT2D eigenvalue weighted by Gasteiger charge is 2.31. The maximum Gasteiger partial charge on any atom is 0.422 e. The average molecular weight is 334 g/mol. The van der Waals surface area contributed by atoms with Gasteiger partial charge in [-0.15, -0.1) is 0 Å². The zero-order chi connectivity index (χ0) is 16.2. The lowest BCUT2D eigenvalue weighted by Gasteiger charge is -2.23. The summed E-state index contributed by atoms with van der Waals surface area (Å²) in [7, 11) is 0. The number of ether oxygens (including phenoxy) is 1. The lowest BCUT2D eigenvalue weighted by atomic mass is 10.1. The Morgan fingerprint density at radius 3 is 2.95 bits per heavy atom. The van der Waals surface area contributed by atoms with Crippen LogP contribution in [0.25, 0.3) is 0 Å². The van der Waals surface area contributed by atoms with E-state index in [9.17, 15) is 18.0 Å². The molecule has 1 aromatic rings. The second-order valence-electron chi connectivity index (χ2n) is 4.38. The summed E-state index contributed by atoms with van der Waals surface area (Å²) in [5.74, 6) is -0.506. The van der Waals surface area contributed by atoms with E-state index >= 15 is 0 Å². The molecular formula is C13H11ClF3N3O2. The summed E-state index contributed by atoms with van der Waals surface area (Å²) >= 11 is 5.68. The molecule has 1 N–H and O–H groups in total. The van der Waals surface area contributed by atoms with Gasteiger partial charge in [0.1, 0.15) is 17.0 Å². The summed E-state index contributed by atoms with van der Waals surface area (Å²) in [4.78, 5) is 19.7. The van der Waals surface area contributed by atoms with Crippen LogP contribution in [0.5, 0.6) is 0 Å². The summed E-state index contributed by atoms with van der Waals surface area (Å²) in [6.07, 6.45) is -0.479. The van der Waals surface area contributed by atoms with Crippen LogP contribution in [0.2, 0.25) is 5.15 Å². The molecule has 0 bridgehead atoms. The van der Waals surface area contributed by atoms with E-state index in [1.807, 2.05) is 0 Å². The number of aliphatic imine (C=N–C) groups is 1. The van der Waals surface area contributed by atoms with E-state index in [1.54, 1.807) is 0 Å². The number of carbonyl (C=O) groups is 1. The fourth-order valence-electron chi connectivity index (χ4n) is 1.71. The first kappa shape index (κ1) is 16.3. The fraction of sp³-hybridized carbons (Fsp3) is 0.308. The summed E-state index contributed by atoms with van der Waals surface area (Å²) in [6.45, 7) is -1.34. The number of pyridine rings is 1. The van der Waals surface area contributed by atoms with Crippen molar-refractivity contribution in [2.24, 2.45) is 4.99 Å². The molecule has 1 aliphatic rings. The molecule has 0 aromatic carbocycles. The van der Waals surface area contributed by atoms with Gasteiger partial charge in [0.2, 0.25) is 0 Å². The van der Waals surface area contributed by atoms with Crippen LogP contribution in [0.4, 0.5) is 13.2 Å². The minimum Gasteiger partial charge on any atom is -0.486 e. The predicted molar refractivity (Wildman–Crippen MR) is 74.0 cm³/mol. The highest BCUT2D eigenvalue weighted by Crippen LogP contribution is 2.19. The number of aromatic nitrogens is 1. The highest BCUT2D eigenvalue weighted by atomic mass is 35.5. The number of allylic oxidation sites excluding steroid dienone is 1. The number of nitrogens with zero attached hydrogens (tertiary/aromatic N) is 2. The number of dihydropyridines is 1. The van der Waals surface area contributed by atoms with E-state index in [2.05, 4.69) is 15.3 Å². The van der Waals surface area contributed by atoms with Gasteiger partial charge in [0.15, 0.2) is 6.61 Å². The topological polar surface area (TPSA) is 63.6 Å². The van der Waals surface area contributed by atoms with Crippen molar-refractivity contribution in [3.63, 3.8) is 0 Å². The third-order valence-electron chi connectivity index (χ3n) is 2.67. The highest BCUT2D eigenvalue weighted by molar-refractivity contribution is 6.29. The lowest BCUT2D eigenvalue weighted by molar-refractivity contribution is -0.165. The van der Waals surface area contributed by atoms with E-state index in [1.165, 1.54) is 30.6 Å². The second kappa shape index (κ2) is 6.78. The second-order valence-corrected chi connectivity index (χ2v) is 4.77. The van der Waals surface area contributed by atoms with Crippen molar-refractivity contribution < 1.29 is 22.7 Å². The van der Waals surface area contributed by atoms with Gasteiger partial charge in [-0.05, 0) is 18.2 Å². The van der Waals surface area contributed by atoms with Gasteiger partial charge in [-0.25, -0.2) is 4.98 Å². The van der Waals surface area contributed by atoms with Gasteiger partial charge in [-0.3, -0.25) is 9.79 Å². The van der Waals surface area contributed by atoms with Gasteiger partial charge >= 0.3 is 6.18 Å². The first-order chi connectivity index (χ1) is 10.3. The maximum atomic E-state index is 12.2. The minimum atomic E-state index is -4.46. The van der Waals surface area contributed by atoms with E-state index in [4.69, 9.17) is 16.3 Å². The largest absolute Gasteiger partial charge is 0.486 e. The van der Waals surface area contributed by atoms with Gasteiger partial charge < -0.3 is 10.1 Å².